The van der Waals surface area contributed by atoms with E-state index >= 15 is 0 Å². The highest BCUT2D eigenvalue weighted by atomic mass is 16.5. The van der Waals surface area contributed by atoms with E-state index in [1.54, 1.807) is 0 Å². The first-order chi connectivity index (χ1) is 9.65. The standard InChI is InChI=1S/C14H21N5O/c1-9-12(10(2)20-18-9)8-19-7-5-4-6-13(19)14-15-11(3)16-17-14/h13H,4-8H2,1-3H3,(H,15,16,17). The van der Waals surface area contributed by atoms with Crippen molar-refractivity contribution in [3.05, 3.63) is 28.7 Å². The Labute approximate surface area is 118 Å². The van der Waals surface area contributed by atoms with Gasteiger partial charge < -0.3 is 4.52 Å². The summed E-state index contributed by atoms with van der Waals surface area (Å²) < 4.78 is 5.27. The van der Waals surface area contributed by atoms with Crippen LogP contribution in [0.15, 0.2) is 4.52 Å². The zero-order valence-electron chi connectivity index (χ0n) is 12.3. The zero-order valence-corrected chi connectivity index (χ0v) is 12.3. The van der Waals surface area contributed by atoms with Crippen LogP contribution in [-0.4, -0.2) is 31.8 Å². The van der Waals surface area contributed by atoms with Gasteiger partial charge in [0.2, 0.25) is 0 Å². The average Bonchev–Trinajstić information content (AvgIpc) is 3.00. The topological polar surface area (TPSA) is 70.8 Å². The monoisotopic (exact) mass is 275 g/mol. The number of piperidine rings is 1. The van der Waals surface area contributed by atoms with Crippen LogP contribution in [-0.2, 0) is 6.54 Å². The van der Waals surface area contributed by atoms with E-state index in [0.29, 0.717) is 6.04 Å². The molecule has 1 N–H and O–H groups in total. The maximum atomic E-state index is 5.27. The molecule has 1 aliphatic rings. The Morgan fingerprint density at radius 2 is 2.15 bits per heavy atom. The molecule has 0 spiro atoms. The van der Waals surface area contributed by atoms with Gasteiger partial charge in [0.1, 0.15) is 11.6 Å². The summed E-state index contributed by atoms with van der Waals surface area (Å²) in [6.45, 7) is 7.85. The smallest absolute Gasteiger partial charge is 0.167 e. The minimum absolute atomic E-state index is 0.294. The Morgan fingerprint density at radius 3 is 2.80 bits per heavy atom. The maximum Gasteiger partial charge on any atom is 0.167 e. The van der Waals surface area contributed by atoms with Gasteiger partial charge in [0.25, 0.3) is 0 Å². The normalized spacial score (nSPS) is 20.4. The Balaban J connectivity index is 1.82. The largest absolute Gasteiger partial charge is 0.361 e. The molecule has 0 radical (unpaired) electrons. The molecule has 20 heavy (non-hydrogen) atoms. The molecule has 0 aliphatic carbocycles. The lowest BCUT2D eigenvalue weighted by Gasteiger charge is -2.33. The molecule has 6 heteroatoms. The predicted octanol–water partition coefficient (Wildman–Crippen LogP) is 2.45. The average molecular weight is 275 g/mol. The second-order valence-electron chi connectivity index (χ2n) is 5.56. The molecule has 3 heterocycles. The predicted molar refractivity (Wildman–Crippen MR) is 74.1 cm³/mol. The number of rotatable bonds is 3. The van der Waals surface area contributed by atoms with Gasteiger partial charge in [0.05, 0.1) is 11.7 Å². The molecule has 0 amide bonds. The molecule has 6 nitrogen and oxygen atoms in total. The first kappa shape index (κ1) is 13.3. The molecule has 1 saturated heterocycles. The number of likely N-dealkylation sites (tertiary alicyclic amines) is 1. The van der Waals surface area contributed by atoms with Gasteiger partial charge >= 0.3 is 0 Å². The molecule has 1 fully saturated rings. The Hall–Kier alpha value is -1.69. The van der Waals surface area contributed by atoms with Crippen LogP contribution in [0.1, 0.15) is 54.0 Å². The third-order valence-electron chi connectivity index (χ3n) is 4.07. The molecule has 3 rings (SSSR count). The molecule has 2 aromatic rings. The number of nitrogens with zero attached hydrogens (tertiary/aromatic N) is 4. The van der Waals surface area contributed by atoms with Crippen LogP contribution >= 0.6 is 0 Å². The zero-order chi connectivity index (χ0) is 14.1. The van der Waals surface area contributed by atoms with Crippen molar-refractivity contribution in [1.29, 1.82) is 0 Å². The first-order valence-electron chi connectivity index (χ1n) is 7.20. The number of aryl methyl sites for hydroxylation is 3. The number of aromatic nitrogens is 4. The number of H-pyrrole nitrogens is 1. The highest BCUT2D eigenvalue weighted by Crippen LogP contribution is 2.31. The summed E-state index contributed by atoms with van der Waals surface area (Å²) in [6, 6.07) is 0.294. The van der Waals surface area contributed by atoms with Crippen molar-refractivity contribution < 1.29 is 4.52 Å². The van der Waals surface area contributed by atoms with Crippen LogP contribution in [0, 0.1) is 20.8 Å². The first-order valence-corrected chi connectivity index (χ1v) is 7.20. The van der Waals surface area contributed by atoms with Gasteiger partial charge in [0, 0.05) is 12.1 Å². The molecule has 1 unspecified atom stereocenters. The summed E-state index contributed by atoms with van der Waals surface area (Å²) in [7, 11) is 0. The van der Waals surface area contributed by atoms with Gasteiger partial charge in [-0.15, -0.1) is 0 Å². The SMILES string of the molecule is Cc1nc(C2CCCCN2Cc2c(C)noc2C)n[nH]1. The van der Waals surface area contributed by atoms with E-state index in [9.17, 15) is 0 Å². The Bertz CT molecular complexity index is 569. The summed E-state index contributed by atoms with van der Waals surface area (Å²) >= 11 is 0. The molecular formula is C14H21N5O. The van der Waals surface area contributed by atoms with Gasteiger partial charge in [-0.1, -0.05) is 11.6 Å². The van der Waals surface area contributed by atoms with E-state index in [0.717, 1.165) is 42.6 Å². The maximum absolute atomic E-state index is 5.27. The molecule has 0 saturated carbocycles. The lowest BCUT2D eigenvalue weighted by molar-refractivity contribution is 0.133. The highest BCUT2D eigenvalue weighted by molar-refractivity contribution is 5.21. The summed E-state index contributed by atoms with van der Waals surface area (Å²) in [5.74, 6) is 2.70. The van der Waals surface area contributed by atoms with Crippen LogP contribution < -0.4 is 0 Å². The third kappa shape index (κ3) is 2.47. The van der Waals surface area contributed by atoms with Crippen LogP contribution in [0.3, 0.4) is 0 Å². The van der Waals surface area contributed by atoms with E-state index < -0.39 is 0 Å². The van der Waals surface area contributed by atoms with Gasteiger partial charge in [-0.3, -0.25) is 10.00 Å². The molecule has 0 bridgehead atoms. The minimum atomic E-state index is 0.294. The lowest BCUT2D eigenvalue weighted by Crippen LogP contribution is -2.33. The van der Waals surface area contributed by atoms with Crippen LogP contribution in [0.25, 0.3) is 0 Å². The summed E-state index contributed by atoms with van der Waals surface area (Å²) in [5, 5.41) is 11.3. The number of nitrogens with one attached hydrogen (secondary N) is 1. The van der Waals surface area contributed by atoms with Gasteiger partial charge in [-0.25, -0.2) is 4.98 Å². The third-order valence-corrected chi connectivity index (χ3v) is 4.07. The summed E-state index contributed by atoms with van der Waals surface area (Å²) in [5.41, 5.74) is 2.18. The molecular weight excluding hydrogens is 254 g/mol. The van der Waals surface area contributed by atoms with Crippen LogP contribution in [0.4, 0.5) is 0 Å². The van der Waals surface area contributed by atoms with E-state index in [1.165, 1.54) is 18.4 Å². The molecule has 1 aliphatic heterocycles. The molecule has 1 atom stereocenters. The fraction of sp³-hybridized carbons (Fsp3) is 0.643. The fourth-order valence-corrected chi connectivity index (χ4v) is 2.91. The number of hydrogen-bond acceptors (Lipinski definition) is 5. The quantitative estimate of drug-likeness (QED) is 0.931. The van der Waals surface area contributed by atoms with Crippen molar-refractivity contribution in [1.82, 2.24) is 25.2 Å². The molecule has 0 aromatic carbocycles. The van der Waals surface area contributed by atoms with E-state index in [1.807, 2.05) is 20.8 Å². The lowest BCUT2D eigenvalue weighted by atomic mass is 10.0. The van der Waals surface area contributed by atoms with Gasteiger partial charge in [-0.05, 0) is 40.2 Å². The van der Waals surface area contributed by atoms with Crippen molar-refractivity contribution in [3.8, 4) is 0 Å². The molecule has 2 aromatic heterocycles. The van der Waals surface area contributed by atoms with Crippen molar-refractivity contribution in [2.45, 2.75) is 52.6 Å². The second kappa shape index (κ2) is 5.36. The van der Waals surface area contributed by atoms with Gasteiger partial charge in [-0.2, -0.15) is 5.10 Å². The number of hydrogen-bond donors (Lipinski definition) is 1. The summed E-state index contributed by atoms with van der Waals surface area (Å²) in [4.78, 5) is 6.95. The minimum Gasteiger partial charge on any atom is -0.361 e. The Morgan fingerprint density at radius 1 is 1.30 bits per heavy atom. The van der Waals surface area contributed by atoms with Crippen molar-refractivity contribution in [2.75, 3.05) is 6.54 Å². The number of aromatic amines is 1. The van der Waals surface area contributed by atoms with Crippen molar-refractivity contribution >= 4 is 0 Å². The van der Waals surface area contributed by atoms with E-state index in [-0.39, 0.29) is 0 Å². The summed E-state index contributed by atoms with van der Waals surface area (Å²) in [6.07, 6.45) is 3.57. The van der Waals surface area contributed by atoms with E-state index in [4.69, 9.17) is 4.52 Å². The van der Waals surface area contributed by atoms with Gasteiger partial charge in [0.15, 0.2) is 5.82 Å². The van der Waals surface area contributed by atoms with Crippen LogP contribution in [0.5, 0.6) is 0 Å². The fourth-order valence-electron chi connectivity index (χ4n) is 2.91. The Kier molecular flexibility index (Phi) is 3.56. The van der Waals surface area contributed by atoms with Crippen molar-refractivity contribution in [3.63, 3.8) is 0 Å². The molecule has 108 valence electrons. The van der Waals surface area contributed by atoms with Crippen molar-refractivity contribution in [2.24, 2.45) is 0 Å². The second-order valence-corrected chi connectivity index (χ2v) is 5.56. The highest BCUT2D eigenvalue weighted by Gasteiger charge is 2.28. The van der Waals surface area contributed by atoms with Crippen LogP contribution in [0.2, 0.25) is 0 Å². The van der Waals surface area contributed by atoms with E-state index in [2.05, 4.69) is 25.2 Å².